The summed E-state index contributed by atoms with van der Waals surface area (Å²) in [6, 6.07) is 7.12. The molecular formula is C14H15N3O4S. The molecule has 1 aromatic carbocycles. The number of hydrogen-bond donors (Lipinski definition) is 3. The van der Waals surface area contributed by atoms with Crippen molar-refractivity contribution >= 4 is 29.1 Å². The second kappa shape index (κ2) is 6.90. The number of oxazole rings is 1. The van der Waals surface area contributed by atoms with Crippen molar-refractivity contribution in [3.8, 4) is 17.2 Å². The minimum atomic E-state index is -0.917. The highest BCUT2D eigenvalue weighted by Gasteiger charge is 2.16. The highest BCUT2D eigenvalue weighted by atomic mass is 32.1. The zero-order valence-electron chi connectivity index (χ0n) is 11.8. The number of nitrogens with zero attached hydrogens (tertiary/aromatic N) is 1. The Morgan fingerprint density at radius 2 is 2.14 bits per heavy atom. The van der Waals surface area contributed by atoms with Gasteiger partial charge in [0.15, 0.2) is 5.69 Å². The van der Waals surface area contributed by atoms with E-state index in [1.165, 1.54) is 0 Å². The van der Waals surface area contributed by atoms with Crippen LogP contribution in [0, 0.1) is 0 Å². The lowest BCUT2D eigenvalue weighted by Gasteiger charge is -2.01. The molecule has 8 heteroatoms. The van der Waals surface area contributed by atoms with Crippen molar-refractivity contribution in [3.05, 3.63) is 30.0 Å². The molecule has 0 radical (unpaired) electrons. The summed E-state index contributed by atoms with van der Waals surface area (Å²) in [7, 11) is 1.58. The van der Waals surface area contributed by atoms with Crippen LogP contribution in [0.1, 0.15) is 12.1 Å². The summed E-state index contributed by atoms with van der Waals surface area (Å²) in [5.41, 5.74) is 6.64. The Balaban J connectivity index is 2.24. The molecule has 22 heavy (non-hydrogen) atoms. The first-order chi connectivity index (χ1) is 10.5. The number of ether oxygens (including phenoxy) is 1. The van der Waals surface area contributed by atoms with Gasteiger partial charge in [0.2, 0.25) is 11.8 Å². The van der Waals surface area contributed by atoms with Gasteiger partial charge in [-0.2, -0.15) is 0 Å². The largest absolute Gasteiger partial charge is 0.497 e. The van der Waals surface area contributed by atoms with E-state index in [0.717, 1.165) is 5.56 Å². The van der Waals surface area contributed by atoms with Gasteiger partial charge in [0.05, 0.1) is 13.5 Å². The van der Waals surface area contributed by atoms with Crippen molar-refractivity contribution < 1.29 is 19.1 Å². The molecule has 1 aromatic heterocycles. The van der Waals surface area contributed by atoms with E-state index in [4.69, 9.17) is 32.2 Å². The number of nitrogens with two attached hydrogens (primary N) is 1. The van der Waals surface area contributed by atoms with Crippen molar-refractivity contribution in [2.75, 3.05) is 19.0 Å². The fourth-order valence-electron chi connectivity index (χ4n) is 1.75. The maximum absolute atomic E-state index is 10.5. The average Bonchev–Trinajstić information content (AvgIpc) is 2.91. The molecule has 0 aliphatic heterocycles. The van der Waals surface area contributed by atoms with E-state index in [1.807, 2.05) is 0 Å². The maximum Gasteiger partial charge on any atom is 0.305 e. The highest BCUT2D eigenvalue weighted by molar-refractivity contribution is 7.80. The summed E-state index contributed by atoms with van der Waals surface area (Å²) in [5, 5.41) is 11.5. The molecule has 0 amide bonds. The van der Waals surface area contributed by atoms with Crippen LogP contribution in [0.15, 0.2) is 28.7 Å². The van der Waals surface area contributed by atoms with Crippen LogP contribution in [0.3, 0.4) is 0 Å². The van der Waals surface area contributed by atoms with Crippen molar-refractivity contribution in [1.82, 2.24) is 4.98 Å². The number of carbonyl (C=O) groups is 1. The zero-order chi connectivity index (χ0) is 16.1. The van der Waals surface area contributed by atoms with E-state index in [-0.39, 0.29) is 23.8 Å². The van der Waals surface area contributed by atoms with Crippen LogP contribution in [0.5, 0.6) is 5.75 Å². The first-order valence-electron chi connectivity index (χ1n) is 6.42. The van der Waals surface area contributed by atoms with E-state index in [1.54, 1.807) is 31.4 Å². The maximum atomic E-state index is 10.5. The summed E-state index contributed by atoms with van der Waals surface area (Å²) in [5.74, 6) is 0.395. The Kier molecular flexibility index (Phi) is 4.95. The fourth-order valence-corrected chi connectivity index (χ4v) is 1.89. The molecule has 116 valence electrons. The molecule has 2 aromatic rings. The fraction of sp³-hybridized carbons (Fsp3) is 0.214. The molecule has 7 nitrogen and oxygen atoms in total. The Bertz CT molecular complexity index is 682. The Morgan fingerprint density at radius 3 is 2.68 bits per heavy atom. The van der Waals surface area contributed by atoms with Crippen molar-refractivity contribution in [2.24, 2.45) is 5.73 Å². The molecule has 0 aliphatic carbocycles. The lowest BCUT2D eigenvalue weighted by atomic mass is 10.2. The third kappa shape index (κ3) is 3.73. The number of carboxylic acid groups (broad SMARTS) is 1. The predicted molar refractivity (Wildman–Crippen MR) is 85.1 cm³/mol. The van der Waals surface area contributed by atoms with Crippen molar-refractivity contribution in [1.29, 1.82) is 0 Å². The quantitative estimate of drug-likeness (QED) is 0.663. The Hall–Kier alpha value is -2.61. The molecule has 0 saturated carbocycles. The minimum absolute atomic E-state index is 0.0602. The van der Waals surface area contributed by atoms with Crippen molar-refractivity contribution in [2.45, 2.75) is 6.42 Å². The number of thiocarbonyl (C=S) groups is 1. The normalized spacial score (nSPS) is 10.2. The standard InChI is InChI=1S/C14H15N3O4S/c1-20-9-4-2-8(3-5-9)13-17-11(12(15)22)14(21-13)16-7-6-10(18)19/h2-5,16H,6-7H2,1H3,(H2,15,22)(H,18,19). The van der Waals surface area contributed by atoms with Gasteiger partial charge >= 0.3 is 5.97 Å². The number of aromatic nitrogens is 1. The number of hydrogen-bond acceptors (Lipinski definition) is 6. The van der Waals surface area contributed by atoms with Crippen LogP contribution in [-0.2, 0) is 4.79 Å². The van der Waals surface area contributed by atoms with Crippen LogP contribution in [-0.4, -0.2) is 34.7 Å². The van der Waals surface area contributed by atoms with Crippen LogP contribution in [0.2, 0.25) is 0 Å². The lowest BCUT2D eigenvalue weighted by molar-refractivity contribution is -0.136. The second-order valence-electron chi connectivity index (χ2n) is 4.36. The second-order valence-corrected chi connectivity index (χ2v) is 4.80. The zero-order valence-corrected chi connectivity index (χ0v) is 12.6. The summed E-state index contributed by atoms with van der Waals surface area (Å²) in [4.78, 5) is 14.9. The van der Waals surface area contributed by atoms with Gasteiger partial charge in [-0.05, 0) is 24.3 Å². The van der Waals surface area contributed by atoms with Gasteiger partial charge in [-0.3, -0.25) is 4.79 Å². The first kappa shape index (κ1) is 15.8. The Labute approximate surface area is 132 Å². The monoisotopic (exact) mass is 321 g/mol. The lowest BCUT2D eigenvalue weighted by Crippen LogP contribution is -2.14. The van der Waals surface area contributed by atoms with Crippen LogP contribution in [0.4, 0.5) is 5.88 Å². The summed E-state index contributed by atoms with van der Waals surface area (Å²) < 4.78 is 10.7. The molecule has 0 unspecified atom stereocenters. The van der Waals surface area contributed by atoms with E-state index < -0.39 is 5.97 Å². The molecular weight excluding hydrogens is 306 g/mol. The molecule has 0 fully saturated rings. The molecule has 2 rings (SSSR count). The van der Waals surface area contributed by atoms with E-state index >= 15 is 0 Å². The van der Waals surface area contributed by atoms with Crippen molar-refractivity contribution in [3.63, 3.8) is 0 Å². The van der Waals surface area contributed by atoms with Crippen LogP contribution >= 0.6 is 12.2 Å². The van der Waals surface area contributed by atoms with Gasteiger partial charge in [0, 0.05) is 12.1 Å². The first-order valence-corrected chi connectivity index (χ1v) is 6.83. The number of rotatable bonds is 7. The molecule has 4 N–H and O–H groups in total. The number of anilines is 1. The highest BCUT2D eigenvalue weighted by Crippen LogP contribution is 2.27. The van der Waals surface area contributed by atoms with Gasteiger partial charge in [0.25, 0.3) is 0 Å². The number of aliphatic carboxylic acids is 1. The van der Waals surface area contributed by atoms with Crippen LogP contribution in [0.25, 0.3) is 11.5 Å². The molecule has 0 spiro atoms. The van der Waals surface area contributed by atoms with Gasteiger partial charge in [-0.25, -0.2) is 4.98 Å². The third-order valence-electron chi connectivity index (χ3n) is 2.82. The summed E-state index contributed by atoms with van der Waals surface area (Å²) >= 11 is 4.93. The number of carboxylic acids is 1. The van der Waals surface area contributed by atoms with Gasteiger partial charge in [0.1, 0.15) is 10.7 Å². The van der Waals surface area contributed by atoms with Gasteiger partial charge in [-0.15, -0.1) is 0 Å². The van der Waals surface area contributed by atoms with Crippen LogP contribution < -0.4 is 15.8 Å². The number of methoxy groups -OCH3 is 1. The molecule has 0 bridgehead atoms. The molecule has 0 aliphatic rings. The molecule has 0 atom stereocenters. The summed E-state index contributed by atoms with van der Waals surface area (Å²) in [6.45, 7) is 0.183. The average molecular weight is 321 g/mol. The SMILES string of the molecule is COc1ccc(-c2nc(C(N)=S)c(NCCC(=O)O)o2)cc1. The topological polar surface area (TPSA) is 111 Å². The van der Waals surface area contributed by atoms with Gasteiger partial charge in [-0.1, -0.05) is 12.2 Å². The summed E-state index contributed by atoms with van der Waals surface area (Å²) in [6.07, 6.45) is -0.0602. The van der Waals surface area contributed by atoms with E-state index in [0.29, 0.717) is 17.3 Å². The smallest absolute Gasteiger partial charge is 0.305 e. The third-order valence-corrected chi connectivity index (χ3v) is 3.02. The van der Waals surface area contributed by atoms with E-state index in [2.05, 4.69) is 10.3 Å². The minimum Gasteiger partial charge on any atom is -0.497 e. The Morgan fingerprint density at radius 1 is 1.45 bits per heavy atom. The number of benzene rings is 1. The predicted octanol–water partition coefficient (Wildman–Crippen LogP) is 1.87. The molecule has 0 saturated heterocycles. The number of nitrogens with one attached hydrogen (secondary N) is 1. The molecule has 1 heterocycles. The van der Waals surface area contributed by atoms with Gasteiger partial charge < -0.3 is 25.3 Å². The van der Waals surface area contributed by atoms with E-state index in [9.17, 15) is 4.79 Å².